The molecule has 0 aromatic heterocycles. The highest BCUT2D eigenvalue weighted by Crippen LogP contribution is 2.25. The van der Waals surface area contributed by atoms with E-state index in [1.165, 1.54) is 6.07 Å². The second-order valence-corrected chi connectivity index (χ2v) is 3.02. The number of hydrogen-bond donors (Lipinski definition) is 0. The Kier molecular flexibility index (Phi) is 3.05. The van der Waals surface area contributed by atoms with Crippen molar-refractivity contribution >= 4 is 17.3 Å². The third kappa shape index (κ3) is 1.68. The van der Waals surface area contributed by atoms with Crippen molar-refractivity contribution < 1.29 is 4.92 Å². The molecule has 0 aliphatic carbocycles. The SMILES string of the molecule is Cc1ccc([N+](=O)[O-])c(C#N)c1CCl. The minimum atomic E-state index is -0.575. The van der Waals surface area contributed by atoms with Gasteiger partial charge in [0.1, 0.15) is 11.6 Å². The summed E-state index contributed by atoms with van der Waals surface area (Å²) in [6.45, 7) is 1.77. The van der Waals surface area contributed by atoms with Gasteiger partial charge in [-0.1, -0.05) is 6.07 Å². The van der Waals surface area contributed by atoms with E-state index >= 15 is 0 Å². The Morgan fingerprint density at radius 2 is 2.29 bits per heavy atom. The van der Waals surface area contributed by atoms with Crippen LogP contribution in [0.15, 0.2) is 12.1 Å². The van der Waals surface area contributed by atoms with Crippen LogP contribution in [0.2, 0.25) is 0 Å². The highest BCUT2D eigenvalue weighted by atomic mass is 35.5. The van der Waals surface area contributed by atoms with E-state index < -0.39 is 4.92 Å². The number of alkyl halides is 1. The lowest BCUT2D eigenvalue weighted by Gasteiger charge is -2.04. The second kappa shape index (κ2) is 4.07. The third-order valence-electron chi connectivity index (χ3n) is 1.97. The summed E-state index contributed by atoms with van der Waals surface area (Å²) in [6, 6.07) is 4.73. The zero-order chi connectivity index (χ0) is 10.7. The molecular weight excluding hydrogens is 204 g/mol. The lowest BCUT2D eigenvalue weighted by molar-refractivity contribution is -0.385. The van der Waals surface area contributed by atoms with Crippen molar-refractivity contribution in [2.24, 2.45) is 0 Å². The van der Waals surface area contributed by atoms with Crippen LogP contribution in [0.25, 0.3) is 0 Å². The number of benzene rings is 1. The first kappa shape index (κ1) is 10.5. The van der Waals surface area contributed by atoms with Gasteiger partial charge in [-0.15, -0.1) is 11.6 Å². The summed E-state index contributed by atoms with van der Waals surface area (Å²) in [5.74, 6) is 0.108. The van der Waals surface area contributed by atoms with E-state index in [4.69, 9.17) is 16.9 Å². The minimum absolute atomic E-state index is 0.0602. The standard InChI is InChI=1S/C9H7ClN2O2/c1-6-2-3-9(12(13)14)8(5-11)7(6)4-10/h2-3H,4H2,1H3. The van der Waals surface area contributed by atoms with Crippen LogP contribution >= 0.6 is 11.6 Å². The van der Waals surface area contributed by atoms with Gasteiger partial charge in [0.2, 0.25) is 0 Å². The van der Waals surface area contributed by atoms with Crippen molar-refractivity contribution in [2.45, 2.75) is 12.8 Å². The first-order valence-electron chi connectivity index (χ1n) is 3.84. The number of aryl methyl sites for hydroxylation is 1. The fourth-order valence-corrected chi connectivity index (χ4v) is 1.53. The van der Waals surface area contributed by atoms with Crippen molar-refractivity contribution in [3.8, 4) is 6.07 Å². The molecule has 0 N–H and O–H groups in total. The molecule has 5 heteroatoms. The van der Waals surface area contributed by atoms with Crippen LogP contribution in [-0.4, -0.2) is 4.92 Å². The smallest absolute Gasteiger partial charge is 0.258 e. The molecule has 1 rings (SSSR count). The van der Waals surface area contributed by atoms with Gasteiger partial charge in [-0.3, -0.25) is 10.1 Å². The summed E-state index contributed by atoms with van der Waals surface area (Å²) >= 11 is 5.62. The van der Waals surface area contributed by atoms with Gasteiger partial charge in [0.25, 0.3) is 5.69 Å². The average molecular weight is 211 g/mol. The van der Waals surface area contributed by atoms with Crippen molar-refractivity contribution in [3.05, 3.63) is 38.9 Å². The summed E-state index contributed by atoms with van der Waals surface area (Å²) < 4.78 is 0. The zero-order valence-corrected chi connectivity index (χ0v) is 8.21. The molecule has 1 aromatic rings. The molecule has 0 bridgehead atoms. The number of nitriles is 1. The average Bonchev–Trinajstić information content (AvgIpc) is 2.16. The summed E-state index contributed by atoms with van der Waals surface area (Å²) in [5.41, 5.74) is 1.20. The highest BCUT2D eigenvalue weighted by Gasteiger charge is 2.18. The Labute approximate surface area is 85.9 Å². The van der Waals surface area contributed by atoms with Crippen LogP contribution in [0.1, 0.15) is 16.7 Å². The fourth-order valence-electron chi connectivity index (χ4n) is 1.19. The number of hydrogen-bond acceptors (Lipinski definition) is 3. The molecular formula is C9H7ClN2O2. The van der Waals surface area contributed by atoms with Crippen molar-refractivity contribution in [1.29, 1.82) is 5.26 Å². The Balaban J connectivity index is 3.50. The number of nitro groups is 1. The summed E-state index contributed by atoms with van der Waals surface area (Å²) in [4.78, 5) is 10.00. The third-order valence-corrected chi connectivity index (χ3v) is 2.23. The summed E-state index contributed by atoms with van der Waals surface area (Å²) in [6.07, 6.45) is 0. The fraction of sp³-hybridized carbons (Fsp3) is 0.222. The summed E-state index contributed by atoms with van der Waals surface area (Å²) in [5, 5.41) is 19.4. The lowest BCUT2D eigenvalue weighted by atomic mass is 10.0. The Morgan fingerprint density at radius 1 is 1.64 bits per heavy atom. The molecule has 0 radical (unpaired) electrons. The molecule has 0 spiro atoms. The maximum absolute atomic E-state index is 10.6. The van der Waals surface area contributed by atoms with Crippen LogP contribution in [0.5, 0.6) is 0 Å². The van der Waals surface area contributed by atoms with Gasteiger partial charge in [-0.25, -0.2) is 0 Å². The second-order valence-electron chi connectivity index (χ2n) is 2.76. The highest BCUT2D eigenvalue weighted by molar-refractivity contribution is 6.17. The number of rotatable bonds is 2. The van der Waals surface area contributed by atoms with Crippen LogP contribution in [0.4, 0.5) is 5.69 Å². The molecule has 4 nitrogen and oxygen atoms in total. The van der Waals surface area contributed by atoms with Gasteiger partial charge in [-0.05, 0) is 18.1 Å². The number of nitrogens with zero attached hydrogens (tertiary/aromatic N) is 2. The molecule has 0 saturated carbocycles. The zero-order valence-electron chi connectivity index (χ0n) is 7.45. The van der Waals surface area contributed by atoms with Crippen molar-refractivity contribution in [3.63, 3.8) is 0 Å². The molecule has 0 saturated heterocycles. The van der Waals surface area contributed by atoms with Crippen molar-refractivity contribution in [1.82, 2.24) is 0 Å². The van der Waals surface area contributed by atoms with Gasteiger partial charge < -0.3 is 0 Å². The van der Waals surface area contributed by atoms with Crippen LogP contribution in [0.3, 0.4) is 0 Å². The summed E-state index contributed by atoms with van der Waals surface area (Å²) in [7, 11) is 0. The Hall–Kier alpha value is -1.60. The van der Waals surface area contributed by atoms with E-state index in [1.807, 2.05) is 6.07 Å². The number of halogens is 1. The van der Waals surface area contributed by atoms with Crippen molar-refractivity contribution in [2.75, 3.05) is 0 Å². The molecule has 0 fully saturated rings. The quantitative estimate of drug-likeness (QED) is 0.428. The monoisotopic (exact) mass is 210 g/mol. The van der Waals surface area contributed by atoms with Crippen LogP contribution in [0, 0.1) is 28.4 Å². The maximum Gasteiger partial charge on any atom is 0.287 e. The predicted molar refractivity (Wildman–Crippen MR) is 52.1 cm³/mol. The first-order chi connectivity index (χ1) is 6.61. The molecule has 0 heterocycles. The minimum Gasteiger partial charge on any atom is -0.258 e. The van der Waals surface area contributed by atoms with E-state index in [0.717, 1.165) is 5.56 Å². The van der Waals surface area contributed by atoms with Gasteiger partial charge in [0.15, 0.2) is 0 Å². The van der Waals surface area contributed by atoms with Gasteiger partial charge >= 0.3 is 0 Å². The lowest BCUT2D eigenvalue weighted by Crippen LogP contribution is -1.98. The molecule has 0 amide bonds. The molecule has 1 aromatic carbocycles. The van der Waals surface area contributed by atoms with E-state index in [0.29, 0.717) is 5.56 Å². The van der Waals surface area contributed by atoms with Crippen LogP contribution in [-0.2, 0) is 5.88 Å². The molecule has 0 unspecified atom stereocenters. The Bertz CT molecular complexity index is 424. The van der Waals surface area contributed by atoms with E-state index in [9.17, 15) is 10.1 Å². The molecule has 0 aliphatic heterocycles. The molecule has 0 aliphatic rings. The van der Waals surface area contributed by atoms with Crippen LogP contribution < -0.4 is 0 Å². The topological polar surface area (TPSA) is 66.9 Å². The predicted octanol–water partition coefficient (Wildman–Crippen LogP) is 2.51. The molecule has 0 atom stereocenters. The van der Waals surface area contributed by atoms with E-state index in [2.05, 4.69) is 0 Å². The van der Waals surface area contributed by atoms with Gasteiger partial charge in [0.05, 0.1) is 4.92 Å². The maximum atomic E-state index is 10.6. The molecule has 14 heavy (non-hydrogen) atoms. The normalized spacial score (nSPS) is 9.50. The van der Waals surface area contributed by atoms with E-state index in [-0.39, 0.29) is 17.1 Å². The largest absolute Gasteiger partial charge is 0.287 e. The van der Waals surface area contributed by atoms with Gasteiger partial charge in [-0.2, -0.15) is 5.26 Å². The van der Waals surface area contributed by atoms with E-state index in [1.54, 1.807) is 13.0 Å². The first-order valence-corrected chi connectivity index (χ1v) is 4.38. The molecule has 72 valence electrons. The number of nitro benzene ring substituents is 1. The Morgan fingerprint density at radius 3 is 2.71 bits per heavy atom. The van der Waals surface area contributed by atoms with Gasteiger partial charge in [0, 0.05) is 11.9 Å².